The molecule has 20 heteroatoms. The lowest BCUT2D eigenvalue weighted by Crippen LogP contribution is -2.33. The van der Waals surface area contributed by atoms with E-state index in [1.165, 1.54) is 31.4 Å². The summed E-state index contributed by atoms with van der Waals surface area (Å²) < 4.78 is 110. The number of rotatable bonds is 18. The number of carbonyl (C=O) groups is 1. The molecule has 1 aromatic heterocycles. The Bertz CT molecular complexity index is 2610. The van der Waals surface area contributed by atoms with Gasteiger partial charge in [0.1, 0.15) is 6.54 Å². The second kappa shape index (κ2) is 17.6. The molecule has 60 heavy (non-hydrogen) atoms. The number of hydrogen-bond donors (Lipinski definition) is 5. The summed E-state index contributed by atoms with van der Waals surface area (Å²) in [7, 11) is -11.9. The maximum Gasteiger partial charge on any atom is 0.333 e. The fourth-order valence-corrected chi connectivity index (χ4v) is 9.43. The number of methoxy groups -OCH3 is 1. The van der Waals surface area contributed by atoms with Gasteiger partial charge in [-0.3, -0.25) is 13.7 Å². The van der Waals surface area contributed by atoms with Crippen LogP contribution in [0.3, 0.4) is 0 Å². The van der Waals surface area contributed by atoms with Crippen LogP contribution in [0.1, 0.15) is 70.9 Å². The highest BCUT2D eigenvalue weighted by molar-refractivity contribution is 7.86. The number of aromatic hydroxyl groups is 2. The zero-order chi connectivity index (χ0) is 44.4. The molecule has 2 unspecified atom stereocenters. The van der Waals surface area contributed by atoms with Crippen molar-refractivity contribution >= 4 is 53.4 Å². The SMILES string of the molecule is CCN1/C(=C/C=C(C)/C=C/C2=[N+](CCCC(=O)On3c(O)ccc3O)c3ccc(S(=O)(=O)O)cc3C2(C)CCOC)C(C)(CCCS(=O)(=O)O)c2cc(S(=O)(=O)O)ccc21. The number of carbonyl (C=O) groups excluding carboxylic acids is 1. The summed E-state index contributed by atoms with van der Waals surface area (Å²) in [6.45, 7) is 8.47. The molecule has 0 bridgehead atoms. The number of aromatic nitrogens is 1. The summed E-state index contributed by atoms with van der Waals surface area (Å²) >= 11 is 0. The Labute approximate surface area is 349 Å². The van der Waals surface area contributed by atoms with Gasteiger partial charge in [-0.05, 0) is 88.9 Å². The topological polar surface area (TPSA) is 250 Å². The minimum absolute atomic E-state index is 0.0471. The largest absolute Gasteiger partial charge is 0.492 e. The van der Waals surface area contributed by atoms with E-state index in [0.29, 0.717) is 51.6 Å². The van der Waals surface area contributed by atoms with Crippen molar-refractivity contribution in [3.05, 3.63) is 95.2 Å². The maximum atomic E-state index is 12.8. The number of anilines is 1. The Hall–Kier alpha value is -4.83. The zero-order valence-electron chi connectivity index (χ0n) is 33.8. The Balaban J connectivity index is 1.56. The first-order valence-corrected chi connectivity index (χ1v) is 23.4. The van der Waals surface area contributed by atoms with E-state index in [1.54, 1.807) is 12.1 Å². The van der Waals surface area contributed by atoms with Crippen molar-refractivity contribution in [1.82, 2.24) is 4.73 Å². The van der Waals surface area contributed by atoms with Crippen molar-refractivity contribution in [3.63, 3.8) is 0 Å². The number of benzene rings is 2. The van der Waals surface area contributed by atoms with E-state index in [4.69, 9.17) is 9.57 Å². The summed E-state index contributed by atoms with van der Waals surface area (Å²) in [6.07, 6.45) is 8.13. The number of nitrogens with zero attached hydrogens (tertiary/aromatic N) is 3. The van der Waals surface area contributed by atoms with E-state index < -0.39 is 64.7 Å². The molecule has 2 atom stereocenters. The van der Waals surface area contributed by atoms with Crippen molar-refractivity contribution in [2.45, 2.75) is 80.4 Å². The second-order valence-electron chi connectivity index (χ2n) is 15.1. The first-order valence-electron chi connectivity index (χ1n) is 18.9. The minimum atomic E-state index is -4.58. The van der Waals surface area contributed by atoms with Gasteiger partial charge in [-0.1, -0.05) is 17.7 Å². The molecule has 2 aliphatic rings. The van der Waals surface area contributed by atoms with E-state index in [2.05, 4.69) is 0 Å². The molecule has 3 aromatic rings. The zero-order valence-corrected chi connectivity index (χ0v) is 36.2. The van der Waals surface area contributed by atoms with Gasteiger partial charge < -0.3 is 24.7 Å². The molecule has 5 N–H and O–H groups in total. The van der Waals surface area contributed by atoms with Crippen LogP contribution in [0.15, 0.2) is 93.9 Å². The molecule has 0 fully saturated rings. The second-order valence-corrected chi connectivity index (χ2v) is 19.5. The highest BCUT2D eigenvalue weighted by atomic mass is 32.2. The van der Waals surface area contributed by atoms with Crippen molar-refractivity contribution in [1.29, 1.82) is 0 Å². The predicted octanol–water partition coefficient (Wildman–Crippen LogP) is 5.07. The summed E-state index contributed by atoms with van der Waals surface area (Å²) in [5, 5.41) is 19.8. The van der Waals surface area contributed by atoms with Gasteiger partial charge >= 0.3 is 5.97 Å². The van der Waals surface area contributed by atoms with E-state index in [-0.39, 0.29) is 48.6 Å². The Morgan fingerprint density at radius 3 is 2.05 bits per heavy atom. The van der Waals surface area contributed by atoms with Crippen LogP contribution in [-0.4, -0.2) is 103 Å². The summed E-state index contributed by atoms with van der Waals surface area (Å²) in [6, 6.07) is 10.9. The van der Waals surface area contributed by atoms with Gasteiger partial charge in [0.2, 0.25) is 17.4 Å². The lowest BCUT2D eigenvalue weighted by molar-refractivity contribution is -0.438. The van der Waals surface area contributed by atoms with Crippen LogP contribution in [0.4, 0.5) is 11.4 Å². The first kappa shape index (κ1) is 46.2. The van der Waals surface area contributed by atoms with Gasteiger partial charge in [0.15, 0.2) is 5.71 Å². The fourth-order valence-electron chi connectivity index (χ4n) is 7.91. The van der Waals surface area contributed by atoms with Gasteiger partial charge in [0.25, 0.3) is 30.4 Å². The summed E-state index contributed by atoms with van der Waals surface area (Å²) in [5.74, 6) is -2.19. The minimum Gasteiger partial charge on any atom is -0.492 e. The van der Waals surface area contributed by atoms with Crippen LogP contribution in [0.5, 0.6) is 11.8 Å². The molecule has 2 aromatic carbocycles. The number of ether oxygens (including phenoxy) is 1. The van der Waals surface area contributed by atoms with Gasteiger partial charge in [-0.2, -0.15) is 29.8 Å². The molecular formula is C40H50N3O14S3+. The Morgan fingerprint density at radius 1 is 0.850 bits per heavy atom. The molecule has 326 valence electrons. The van der Waals surface area contributed by atoms with E-state index in [9.17, 15) is 53.9 Å². The van der Waals surface area contributed by atoms with Gasteiger partial charge in [0.05, 0.1) is 27.4 Å². The molecule has 0 radical (unpaired) electrons. The maximum absolute atomic E-state index is 12.8. The molecule has 0 amide bonds. The highest BCUT2D eigenvalue weighted by Gasteiger charge is 2.48. The third kappa shape index (κ3) is 9.86. The molecule has 2 aliphatic heterocycles. The van der Waals surface area contributed by atoms with Crippen molar-refractivity contribution < 1.29 is 68.1 Å². The van der Waals surface area contributed by atoms with E-state index in [0.717, 1.165) is 17.7 Å². The number of hydrogen-bond acceptors (Lipinski definition) is 12. The van der Waals surface area contributed by atoms with Crippen LogP contribution < -0.4 is 9.74 Å². The van der Waals surface area contributed by atoms with Crippen LogP contribution >= 0.6 is 0 Å². The number of likely N-dealkylation sites (N-methyl/N-ethyl adjacent to an activating group) is 1. The average Bonchev–Trinajstić information content (AvgIpc) is 3.69. The van der Waals surface area contributed by atoms with Crippen LogP contribution in [-0.2, 0) is 50.7 Å². The normalized spacial score (nSPS) is 20.4. The predicted molar refractivity (Wildman–Crippen MR) is 222 cm³/mol. The van der Waals surface area contributed by atoms with Gasteiger partial charge in [-0.25, -0.2) is 4.79 Å². The third-order valence-electron chi connectivity index (χ3n) is 11.0. The van der Waals surface area contributed by atoms with Crippen LogP contribution in [0, 0.1) is 0 Å². The first-order chi connectivity index (χ1) is 27.9. The van der Waals surface area contributed by atoms with Gasteiger partial charge in [0, 0.05) is 73.3 Å². The highest BCUT2D eigenvalue weighted by Crippen LogP contribution is 2.51. The van der Waals surface area contributed by atoms with Crippen molar-refractivity contribution in [2.24, 2.45) is 0 Å². The van der Waals surface area contributed by atoms with Crippen molar-refractivity contribution in [3.8, 4) is 11.8 Å². The Morgan fingerprint density at radius 2 is 1.47 bits per heavy atom. The smallest absolute Gasteiger partial charge is 0.333 e. The lowest BCUT2D eigenvalue weighted by atomic mass is 9.76. The molecular weight excluding hydrogens is 843 g/mol. The number of allylic oxidation sites excluding steroid dienone is 6. The van der Waals surface area contributed by atoms with Crippen LogP contribution in [0.25, 0.3) is 0 Å². The standard InChI is InChI=1S/C40H49N3O14S3/c1-6-41-32-14-12-28(59(50,51)52)25-30(32)39(3,20-8-24-58(47,48)49)34(41)16-10-27(2)11-17-35-40(4,21-23-56-5)31-26-29(60(53,54)55)13-15-33(31)42(35)22-7-9-38(46)57-43-36(44)18-19-37(43)45/h10-19,25-26H,6-9,20-24H2,1-5H3,(H4-,44,45,47,48,49,50,51,52,53,54,55)/p+1. The van der Waals surface area contributed by atoms with Gasteiger partial charge in [-0.15, -0.1) is 4.73 Å². The van der Waals surface area contributed by atoms with Crippen molar-refractivity contribution in [2.75, 3.05) is 37.5 Å². The van der Waals surface area contributed by atoms with E-state index in [1.807, 2.05) is 61.5 Å². The molecule has 0 aliphatic carbocycles. The lowest BCUT2D eigenvalue weighted by Gasteiger charge is -2.30. The van der Waals surface area contributed by atoms with E-state index >= 15 is 0 Å². The average molecular weight is 893 g/mol. The fraction of sp³-hybridized carbons (Fsp3) is 0.400. The summed E-state index contributed by atoms with van der Waals surface area (Å²) in [4.78, 5) is 19.2. The molecule has 5 rings (SSSR count). The third-order valence-corrected chi connectivity index (χ3v) is 13.5. The molecule has 0 saturated heterocycles. The molecule has 0 saturated carbocycles. The monoisotopic (exact) mass is 892 g/mol. The quantitative estimate of drug-likeness (QED) is 0.0635. The number of fused-ring (bicyclic) bond motifs is 2. The summed E-state index contributed by atoms with van der Waals surface area (Å²) in [5.41, 5.74) is 2.81. The Kier molecular flexibility index (Phi) is 13.6. The molecule has 3 heterocycles. The molecule has 17 nitrogen and oxygen atoms in total. The molecule has 0 spiro atoms. The van der Waals surface area contributed by atoms with Crippen LogP contribution in [0.2, 0.25) is 0 Å².